The van der Waals surface area contributed by atoms with Crippen LogP contribution in [0.3, 0.4) is 0 Å². The molecule has 1 aliphatic heterocycles. The minimum atomic E-state index is -0.188. The molecule has 0 aromatic carbocycles. The van der Waals surface area contributed by atoms with E-state index >= 15 is 0 Å². The Hall–Kier alpha value is -0.150. The van der Waals surface area contributed by atoms with E-state index in [9.17, 15) is 4.39 Å². The van der Waals surface area contributed by atoms with Crippen molar-refractivity contribution in [1.29, 1.82) is 0 Å². The molecule has 0 spiro atoms. The SMILES string of the molecule is CC(C)CC1CNC(C)CN1CCCF. The standard InChI is InChI=1S/C12H25FN2/c1-10(2)7-12-8-14-11(3)9-15(12)6-4-5-13/h10-12,14H,4-9H2,1-3H3. The van der Waals surface area contributed by atoms with Crippen molar-refractivity contribution in [3.63, 3.8) is 0 Å². The lowest BCUT2D eigenvalue weighted by molar-refractivity contribution is 0.115. The van der Waals surface area contributed by atoms with Crippen LogP contribution in [0.25, 0.3) is 0 Å². The molecular weight excluding hydrogens is 191 g/mol. The van der Waals surface area contributed by atoms with E-state index in [0.29, 0.717) is 18.5 Å². The zero-order valence-corrected chi connectivity index (χ0v) is 10.3. The van der Waals surface area contributed by atoms with Crippen molar-refractivity contribution in [2.24, 2.45) is 5.92 Å². The maximum Gasteiger partial charge on any atom is 0.0906 e. The minimum absolute atomic E-state index is 0.188. The molecule has 1 rings (SSSR count). The van der Waals surface area contributed by atoms with Crippen LogP contribution in [0, 0.1) is 5.92 Å². The molecule has 2 unspecified atom stereocenters. The maximum absolute atomic E-state index is 12.2. The first-order valence-corrected chi connectivity index (χ1v) is 6.17. The van der Waals surface area contributed by atoms with E-state index in [2.05, 4.69) is 31.0 Å². The van der Waals surface area contributed by atoms with E-state index in [4.69, 9.17) is 0 Å². The van der Waals surface area contributed by atoms with Crippen LogP contribution in [0.2, 0.25) is 0 Å². The normalized spacial score (nSPS) is 28.6. The lowest BCUT2D eigenvalue weighted by atomic mass is 9.99. The Labute approximate surface area is 93.2 Å². The van der Waals surface area contributed by atoms with Crippen molar-refractivity contribution in [2.75, 3.05) is 26.3 Å². The molecule has 1 aliphatic rings. The summed E-state index contributed by atoms with van der Waals surface area (Å²) in [7, 11) is 0. The fraction of sp³-hybridized carbons (Fsp3) is 1.00. The van der Waals surface area contributed by atoms with Crippen molar-refractivity contribution < 1.29 is 4.39 Å². The van der Waals surface area contributed by atoms with Crippen molar-refractivity contribution in [3.05, 3.63) is 0 Å². The highest BCUT2D eigenvalue weighted by Gasteiger charge is 2.25. The molecule has 0 aromatic rings. The lowest BCUT2D eigenvalue weighted by Gasteiger charge is -2.40. The third-order valence-corrected chi connectivity index (χ3v) is 3.05. The van der Waals surface area contributed by atoms with Gasteiger partial charge < -0.3 is 5.32 Å². The van der Waals surface area contributed by atoms with Crippen LogP contribution >= 0.6 is 0 Å². The lowest BCUT2D eigenvalue weighted by Crippen LogP contribution is -2.56. The Morgan fingerprint density at radius 2 is 2.20 bits per heavy atom. The summed E-state index contributed by atoms with van der Waals surface area (Å²) in [6, 6.07) is 1.15. The van der Waals surface area contributed by atoms with E-state index in [1.807, 2.05) is 0 Å². The Balaban J connectivity index is 2.42. The van der Waals surface area contributed by atoms with Gasteiger partial charge in [-0.3, -0.25) is 9.29 Å². The highest BCUT2D eigenvalue weighted by Crippen LogP contribution is 2.15. The number of halogens is 1. The summed E-state index contributed by atoms with van der Waals surface area (Å²) in [5.41, 5.74) is 0. The first kappa shape index (κ1) is 12.9. The first-order valence-electron chi connectivity index (χ1n) is 6.17. The summed E-state index contributed by atoms with van der Waals surface area (Å²) in [6.07, 6.45) is 1.90. The average Bonchev–Trinajstić information content (AvgIpc) is 2.18. The molecule has 2 atom stereocenters. The Morgan fingerprint density at radius 3 is 2.80 bits per heavy atom. The second-order valence-corrected chi connectivity index (χ2v) is 5.13. The summed E-state index contributed by atoms with van der Waals surface area (Å²) in [5.74, 6) is 0.720. The van der Waals surface area contributed by atoms with Gasteiger partial charge in [0.1, 0.15) is 0 Å². The summed E-state index contributed by atoms with van der Waals surface area (Å²) in [5, 5.41) is 3.51. The summed E-state index contributed by atoms with van der Waals surface area (Å²) >= 11 is 0. The molecule has 0 amide bonds. The molecule has 15 heavy (non-hydrogen) atoms. The number of rotatable bonds is 5. The second-order valence-electron chi connectivity index (χ2n) is 5.13. The highest BCUT2D eigenvalue weighted by atomic mass is 19.1. The zero-order chi connectivity index (χ0) is 11.3. The van der Waals surface area contributed by atoms with Crippen LogP contribution in [0.1, 0.15) is 33.6 Å². The van der Waals surface area contributed by atoms with Crippen LogP contribution in [-0.4, -0.2) is 43.3 Å². The van der Waals surface area contributed by atoms with Gasteiger partial charge >= 0.3 is 0 Å². The molecule has 0 radical (unpaired) electrons. The highest BCUT2D eigenvalue weighted by molar-refractivity contribution is 4.84. The molecule has 0 saturated carbocycles. The number of alkyl halides is 1. The van der Waals surface area contributed by atoms with Gasteiger partial charge in [-0.15, -0.1) is 0 Å². The quantitative estimate of drug-likeness (QED) is 0.756. The molecule has 1 N–H and O–H groups in total. The Morgan fingerprint density at radius 1 is 1.47 bits per heavy atom. The van der Waals surface area contributed by atoms with Crippen LogP contribution < -0.4 is 5.32 Å². The van der Waals surface area contributed by atoms with Gasteiger partial charge in [0.05, 0.1) is 6.67 Å². The third kappa shape index (κ3) is 4.47. The van der Waals surface area contributed by atoms with Crippen molar-refractivity contribution >= 4 is 0 Å². The average molecular weight is 216 g/mol. The van der Waals surface area contributed by atoms with Gasteiger partial charge in [-0.25, -0.2) is 0 Å². The molecular formula is C12H25FN2. The van der Waals surface area contributed by atoms with E-state index in [-0.39, 0.29) is 6.67 Å². The van der Waals surface area contributed by atoms with Crippen molar-refractivity contribution in [1.82, 2.24) is 10.2 Å². The largest absolute Gasteiger partial charge is 0.311 e. The van der Waals surface area contributed by atoms with Crippen molar-refractivity contribution in [3.8, 4) is 0 Å². The number of hydrogen-bond donors (Lipinski definition) is 1. The fourth-order valence-electron chi connectivity index (χ4n) is 2.34. The van der Waals surface area contributed by atoms with E-state index in [1.54, 1.807) is 0 Å². The second kappa shape index (κ2) is 6.44. The fourth-order valence-corrected chi connectivity index (χ4v) is 2.34. The minimum Gasteiger partial charge on any atom is -0.311 e. The van der Waals surface area contributed by atoms with E-state index in [1.165, 1.54) is 6.42 Å². The van der Waals surface area contributed by atoms with E-state index in [0.717, 1.165) is 25.6 Å². The smallest absolute Gasteiger partial charge is 0.0906 e. The van der Waals surface area contributed by atoms with Crippen molar-refractivity contribution in [2.45, 2.75) is 45.7 Å². The predicted octanol–water partition coefficient (Wildman–Crippen LogP) is 2.05. The Bertz CT molecular complexity index is 173. The molecule has 0 bridgehead atoms. The first-order chi connectivity index (χ1) is 7.13. The van der Waals surface area contributed by atoms with Gasteiger partial charge in [0, 0.05) is 31.7 Å². The number of piperazine rings is 1. The van der Waals surface area contributed by atoms with Crippen LogP contribution in [0.15, 0.2) is 0 Å². The van der Waals surface area contributed by atoms with Gasteiger partial charge in [0.15, 0.2) is 0 Å². The predicted molar refractivity (Wildman–Crippen MR) is 62.9 cm³/mol. The topological polar surface area (TPSA) is 15.3 Å². The molecule has 3 heteroatoms. The molecule has 90 valence electrons. The molecule has 2 nitrogen and oxygen atoms in total. The van der Waals surface area contributed by atoms with Crippen LogP contribution in [-0.2, 0) is 0 Å². The third-order valence-electron chi connectivity index (χ3n) is 3.05. The molecule has 0 aromatic heterocycles. The number of hydrogen-bond acceptors (Lipinski definition) is 2. The summed E-state index contributed by atoms with van der Waals surface area (Å²) in [6.45, 7) is 9.57. The van der Waals surface area contributed by atoms with Crippen LogP contribution in [0.4, 0.5) is 4.39 Å². The van der Waals surface area contributed by atoms with Crippen LogP contribution in [0.5, 0.6) is 0 Å². The zero-order valence-electron chi connectivity index (χ0n) is 10.3. The van der Waals surface area contributed by atoms with E-state index < -0.39 is 0 Å². The Kier molecular flexibility index (Phi) is 5.54. The number of nitrogens with zero attached hydrogens (tertiary/aromatic N) is 1. The monoisotopic (exact) mass is 216 g/mol. The van der Waals surface area contributed by atoms with Gasteiger partial charge in [-0.05, 0) is 25.7 Å². The molecule has 1 saturated heterocycles. The summed E-state index contributed by atoms with van der Waals surface area (Å²) < 4.78 is 12.2. The van der Waals surface area contributed by atoms with Gasteiger partial charge in [0.2, 0.25) is 0 Å². The summed E-state index contributed by atoms with van der Waals surface area (Å²) in [4.78, 5) is 2.46. The molecule has 0 aliphatic carbocycles. The van der Waals surface area contributed by atoms with Gasteiger partial charge in [0.25, 0.3) is 0 Å². The molecule has 1 heterocycles. The number of nitrogens with one attached hydrogen (secondary N) is 1. The van der Waals surface area contributed by atoms with Gasteiger partial charge in [-0.1, -0.05) is 13.8 Å². The van der Waals surface area contributed by atoms with Gasteiger partial charge in [-0.2, -0.15) is 0 Å². The molecule has 1 fully saturated rings. The maximum atomic E-state index is 12.2.